The lowest BCUT2D eigenvalue weighted by Gasteiger charge is -2.36. The minimum Gasteiger partial charge on any atom is -0.451 e. The Balaban J connectivity index is 1.53. The molecule has 4 atom stereocenters. The van der Waals surface area contributed by atoms with Crippen LogP contribution in [0.5, 0.6) is 0 Å². The third kappa shape index (κ3) is 6.70. The number of esters is 1. The van der Waals surface area contributed by atoms with Gasteiger partial charge in [-0.2, -0.15) is 0 Å². The summed E-state index contributed by atoms with van der Waals surface area (Å²) in [5.41, 5.74) is 5.56. The van der Waals surface area contributed by atoms with Gasteiger partial charge >= 0.3 is 5.97 Å². The van der Waals surface area contributed by atoms with E-state index in [1.165, 1.54) is 5.01 Å². The molecule has 2 fully saturated rings. The zero-order valence-electron chi connectivity index (χ0n) is 26.0. The fourth-order valence-corrected chi connectivity index (χ4v) is 6.08. The summed E-state index contributed by atoms with van der Waals surface area (Å²) in [6.45, 7) is 11.6. The smallest absolute Gasteiger partial charge is 0.316 e. The van der Waals surface area contributed by atoms with Crippen LogP contribution in [0.1, 0.15) is 83.5 Å². The van der Waals surface area contributed by atoms with Crippen LogP contribution < -0.4 is 16.1 Å². The number of carbonyl (C=O) groups excluding carboxylic acids is 4. The van der Waals surface area contributed by atoms with Crippen LogP contribution in [0.25, 0.3) is 17.0 Å². The molecular weight excluding hydrogens is 558 g/mol. The van der Waals surface area contributed by atoms with Crippen molar-refractivity contribution in [2.45, 2.75) is 90.4 Å². The van der Waals surface area contributed by atoms with Gasteiger partial charge in [0.25, 0.3) is 11.8 Å². The van der Waals surface area contributed by atoms with Crippen LogP contribution >= 0.6 is 0 Å². The van der Waals surface area contributed by atoms with Gasteiger partial charge in [0.05, 0.1) is 22.7 Å². The molecule has 5 rings (SSSR count). The maximum atomic E-state index is 13.9. The van der Waals surface area contributed by atoms with Crippen molar-refractivity contribution in [3.8, 4) is 0 Å². The van der Waals surface area contributed by atoms with Crippen LogP contribution in [0, 0.1) is 11.3 Å². The second-order valence-corrected chi connectivity index (χ2v) is 12.8. The molecule has 1 spiro atoms. The lowest BCUT2D eigenvalue weighted by atomic mass is 9.72. The van der Waals surface area contributed by atoms with Gasteiger partial charge in [0, 0.05) is 11.9 Å². The SMILES string of the molecule is C=C1CCC2(/C=C/c3ccc4ccc(nc4c3)C(C)NC(=O)[C@@H]3CCCN(N3)C(=O)[C@H](C)NC(=O)[C@H](C(C)C)OC2=O)CC1. The molecule has 1 aliphatic carbocycles. The maximum Gasteiger partial charge on any atom is 0.316 e. The van der Waals surface area contributed by atoms with Gasteiger partial charge in [-0.1, -0.05) is 56.4 Å². The molecule has 10 heteroatoms. The van der Waals surface area contributed by atoms with E-state index in [1.807, 2.05) is 63.3 Å². The second kappa shape index (κ2) is 12.9. The number of amides is 3. The lowest BCUT2D eigenvalue weighted by Crippen LogP contribution is -2.61. The normalized spacial score (nSPS) is 27.7. The van der Waals surface area contributed by atoms with E-state index in [-0.39, 0.29) is 23.8 Å². The molecule has 1 aromatic heterocycles. The van der Waals surface area contributed by atoms with E-state index in [4.69, 9.17) is 9.72 Å². The Hall–Kier alpha value is -4.05. The average Bonchev–Trinajstić information content (AvgIpc) is 3.01. The number of nitrogens with zero attached hydrogens (tertiary/aromatic N) is 2. The Kier molecular flexibility index (Phi) is 9.20. The molecule has 44 heavy (non-hydrogen) atoms. The van der Waals surface area contributed by atoms with Gasteiger partial charge in [-0.3, -0.25) is 29.2 Å². The summed E-state index contributed by atoms with van der Waals surface area (Å²) in [5.74, 6) is -1.93. The summed E-state index contributed by atoms with van der Waals surface area (Å²) in [6, 6.07) is 7.92. The molecular formula is C34H43N5O5. The van der Waals surface area contributed by atoms with E-state index in [9.17, 15) is 19.2 Å². The fourth-order valence-electron chi connectivity index (χ4n) is 6.08. The number of aromatic nitrogens is 1. The first kappa shape index (κ1) is 31.4. The van der Waals surface area contributed by atoms with Crippen molar-refractivity contribution in [2.24, 2.45) is 11.3 Å². The molecule has 3 aliphatic rings. The molecule has 1 unspecified atom stereocenters. The standard InChI is InChI=1S/C34H43N5O5/c1-20(2)29-31(41)36-23(5)32(42)39-18-6-7-27(38-39)30(40)35-22(4)26-11-10-25-9-8-24(19-28(25)37-26)14-17-34(33(43)44-29)15-12-21(3)13-16-34/h8-11,14,17,19-20,22-23,27,29,38H,3,6-7,12-13,15-16,18H2,1-2,4-5H3,(H,35,40)(H,36,41)/b17-14+/t22?,23-,27-,29-/m0/s1. The van der Waals surface area contributed by atoms with Crippen molar-refractivity contribution >= 4 is 40.7 Å². The first-order valence-electron chi connectivity index (χ1n) is 15.6. The minimum atomic E-state index is -1.08. The van der Waals surface area contributed by atoms with Crippen molar-refractivity contribution in [1.29, 1.82) is 0 Å². The van der Waals surface area contributed by atoms with Crippen LogP contribution in [-0.2, 0) is 23.9 Å². The number of hydrogen-bond donors (Lipinski definition) is 3. The van der Waals surface area contributed by atoms with Crippen molar-refractivity contribution < 1.29 is 23.9 Å². The van der Waals surface area contributed by atoms with Gasteiger partial charge in [-0.25, -0.2) is 5.43 Å². The fraction of sp³-hybridized carbons (Fsp3) is 0.500. The van der Waals surface area contributed by atoms with Crippen molar-refractivity contribution in [2.75, 3.05) is 6.54 Å². The number of hydrogen-bond acceptors (Lipinski definition) is 7. The van der Waals surface area contributed by atoms with Crippen LogP contribution in [0.2, 0.25) is 0 Å². The summed E-state index contributed by atoms with van der Waals surface area (Å²) in [4.78, 5) is 58.8. The van der Waals surface area contributed by atoms with E-state index < -0.39 is 35.5 Å². The highest BCUT2D eigenvalue weighted by molar-refractivity contribution is 5.92. The van der Waals surface area contributed by atoms with Gasteiger partial charge in [-0.05, 0) is 76.0 Å². The summed E-state index contributed by atoms with van der Waals surface area (Å²) in [6.07, 6.45) is 6.33. The number of benzene rings is 1. The number of pyridine rings is 1. The topological polar surface area (TPSA) is 130 Å². The summed E-state index contributed by atoms with van der Waals surface area (Å²) >= 11 is 0. The number of hydrazine groups is 1. The van der Waals surface area contributed by atoms with Crippen molar-refractivity contribution in [3.05, 3.63) is 59.8 Å². The van der Waals surface area contributed by atoms with E-state index in [1.54, 1.807) is 6.92 Å². The molecule has 1 saturated heterocycles. The molecule has 2 aromatic rings. The zero-order valence-corrected chi connectivity index (χ0v) is 26.0. The first-order chi connectivity index (χ1) is 21.0. The van der Waals surface area contributed by atoms with Crippen LogP contribution in [0.4, 0.5) is 0 Å². The maximum absolute atomic E-state index is 13.9. The molecule has 1 saturated carbocycles. The molecule has 3 N–H and O–H groups in total. The van der Waals surface area contributed by atoms with E-state index in [0.29, 0.717) is 50.8 Å². The quantitative estimate of drug-likeness (QED) is 0.331. The van der Waals surface area contributed by atoms with Crippen LogP contribution in [0.3, 0.4) is 0 Å². The number of nitrogens with one attached hydrogen (secondary N) is 3. The van der Waals surface area contributed by atoms with Crippen LogP contribution in [0.15, 0.2) is 48.6 Å². The summed E-state index contributed by atoms with van der Waals surface area (Å²) in [5, 5.41) is 8.14. The van der Waals surface area contributed by atoms with Crippen LogP contribution in [-0.4, -0.2) is 58.4 Å². The lowest BCUT2D eigenvalue weighted by molar-refractivity contribution is -0.167. The summed E-state index contributed by atoms with van der Waals surface area (Å²) < 4.78 is 5.98. The molecule has 0 radical (unpaired) electrons. The third-order valence-corrected chi connectivity index (χ3v) is 8.99. The number of allylic oxidation sites excluding steroid dienone is 1. The van der Waals surface area contributed by atoms with Gasteiger partial charge < -0.3 is 15.4 Å². The Morgan fingerprint density at radius 1 is 1.00 bits per heavy atom. The molecule has 234 valence electrons. The Bertz CT molecular complexity index is 1490. The monoisotopic (exact) mass is 601 g/mol. The molecule has 1 aromatic carbocycles. The third-order valence-electron chi connectivity index (χ3n) is 8.99. The summed E-state index contributed by atoms with van der Waals surface area (Å²) in [7, 11) is 0. The first-order valence-corrected chi connectivity index (χ1v) is 15.6. The van der Waals surface area contributed by atoms with E-state index in [0.717, 1.165) is 22.0 Å². The van der Waals surface area contributed by atoms with Crippen molar-refractivity contribution in [3.63, 3.8) is 0 Å². The van der Waals surface area contributed by atoms with Gasteiger partial charge in [-0.15, -0.1) is 0 Å². The number of fused-ring (bicyclic) bond motifs is 4. The van der Waals surface area contributed by atoms with Gasteiger partial charge in [0.2, 0.25) is 5.91 Å². The molecule has 3 heterocycles. The van der Waals surface area contributed by atoms with Gasteiger partial charge in [0.1, 0.15) is 12.1 Å². The highest BCUT2D eigenvalue weighted by Gasteiger charge is 2.42. The predicted molar refractivity (Wildman–Crippen MR) is 168 cm³/mol. The van der Waals surface area contributed by atoms with E-state index >= 15 is 0 Å². The van der Waals surface area contributed by atoms with Crippen molar-refractivity contribution in [1.82, 2.24) is 26.1 Å². The number of ether oxygens (including phenoxy) is 1. The number of carbonyl (C=O) groups is 4. The predicted octanol–water partition coefficient (Wildman–Crippen LogP) is 4.12. The highest BCUT2D eigenvalue weighted by atomic mass is 16.5. The highest BCUT2D eigenvalue weighted by Crippen LogP contribution is 2.41. The second-order valence-electron chi connectivity index (χ2n) is 12.8. The van der Waals surface area contributed by atoms with E-state index in [2.05, 4.69) is 22.6 Å². The Morgan fingerprint density at radius 2 is 1.70 bits per heavy atom. The minimum absolute atomic E-state index is 0.233. The Labute approximate surface area is 258 Å². The molecule has 5 bridgehead atoms. The molecule has 3 amide bonds. The van der Waals surface area contributed by atoms with Gasteiger partial charge in [0.15, 0.2) is 6.10 Å². The number of rotatable bonds is 1. The average molecular weight is 602 g/mol. The largest absolute Gasteiger partial charge is 0.451 e. The Morgan fingerprint density at radius 3 is 2.43 bits per heavy atom. The molecule has 2 aliphatic heterocycles. The zero-order chi connectivity index (χ0) is 31.6. The molecule has 10 nitrogen and oxygen atoms in total. The number of cyclic esters (lactones) is 1.